The Labute approximate surface area is 115 Å². The van der Waals surface area contributed by atoms with Crippen LogP contribution in [0.15, 0.2) is 24.5 Å². The van der Waals surface area contributed by atoms with E-state index < -0.39 is 0 Å². The van der Waals surface area contributed by atoms with E-state index in [2.05, 4.69) is 15.5 Å². The maximum absolute atomic E-state index is 13.2. The monoisotopic (exact) mass is 279 g/mol. The van der Waals surface area contributed by atoms with E-state index in [0.29, 0.717) is 17.8 Å². The lowest BCUT2D eigenvalue weighted by atomic mass is 10.1. The molecule has 1 heterocycles. The first-order valence-corrected chi connectivity index (χ1v) is 6.22. The van der Waals surface area contributed by atoms with Gasteiger partial charge in [-0.05, 0) is 25.1 Å². The molecule has 0 aliphatic heterocycles. The normalized spacial score (nSPS) is 10.4. The Hall–Kier alpha value is -2.02. The van der Waals surface area contributed by atoms with E-state index in [4.69, 9.17) is 18.0 Å². The summed E-state index contributed by atoms with van der Waals surface area (Å²) in [5.41, 5.74) is 6.74. The van der Waals surface area contributed by atoms with Gasteiger partial charge in [-0.2, -0.15) is 0 Å². The molecule has 2 aromatic rings. The van der Waals surface area contributed by atoms with Crippen LogP contribution in [0.5, 0.6) is 0 Å². The number of anilines is 1. The number of nitrogens with two attached hydrogens (primary N) is 1. The van der Waals surface area contributed by atoms with Crippen LogP contribution in [0.4, 0.5) is 10.1 Å². The van der Waals surface area contributed by atoms with Gasteiger partial charge in [0, 0.05) is 17.8 Å². The summed E-state index contributed by atoms with van der Waals surface area (Å²) in [6.07, 6.45) is 1.66. The first kappa shape index (κ1) is 13.4. The fourth-order valence-electron chi connectivity index (χ4n) is 1.73. The minimum Gasteiger partial charge on any atom is -0.389 e. The number of nitrogens with zero attached hydrogens (tertiary/aromatic N) is 3. The molecule has 3 N–H and O–H groups in total. The summed E-state index contributed by atoms with van der Waals surface area (Å²) in [6.45, 7) is 3.26. The zero-order valence-corrected chi connectivity index (χ0v) is 11.2. The third-order valence-electron chi connectivity index (χ3n) is 2.72. The van der Waals surface area contributed by atoms with Crippen LogP contribution in [0.1, 0.15) is 18.3 Å². The van der Waals surface area contributed by atoms with E-state index in [1.165, 1.54) is 12.1 Å². The minimum absolute atomic E-state index is 0.152. The van der Waals surface area contributed by atoms with Crippen LogP contribution in [-0.4, -0.2) is 19.8 Å². The van der Waals surface area contributed by atoms with Gasteiger partial charge in [-0.15, -0.1) is 10.2 Å². The predicted molar refractivity (Wildman–Crippen MR) is 75.3 cm³/mol. The van der Waals surface area contributed by atoms with E-state index in [-0.39, 0.29) is 10.8 Å². The van der Waals surface area contributed by atoms with Crippen molar-refractivity contribution in [3.8, 4) is 0 Å². The van der Waals surface area contributed by atoms with Gasteiger partial charge in [-0.1, -0.05) is 12.2 Å². The Balaban J connectivity index is 2.18. The average molecular weight is 279 g/mol. The molecular formula is C12H14FN5S. The molecule has 0 saturated carbocycles. The van der Waals surface area contributed by atoms with Crippen molar-refractivity contribution in [2.75, 3.05) is 5.32 Å². The number of hydrogen-bond donors (Lipinski definition) is 2. The van der Waals surface area contributed by atoms with Crippen LogP contribution in [0.25, 0.3) is 0 Å². The number of aromatic nitrogens is 3. The molecule has 0 atom stereocenters. The van der Waals surface area contributed by atoms with Crippen molar-refractivity contribution in [2.24, 2.45) is 5.73 Å². The topological polar surface area (TPSA) is 68.8 Å². The van der Waals surface area contributed by atoms with Crippen molar-refractivity contribution in [2.45, 2.75) is 20.0 Å². The maximum Gasteiger partial charge on any atom is 0.152 e. The van der Waals surface area contributed by atoms with Gasteiger partial charge in [-0.3, -0.25) is 0 Å². The Bertz CT molecular complexity index is 596. The van der Waals surface area contributed by atoms with Crippen molar-refractivity contribution >= 4 is 22.9 Å². The molecule has 0 unspecified atom stereocenters. The van der Waals surface area contributed by atoms with Crippen molar-refractivity contribution in [1.82, 2.24) is 14.8 Å². The summed E-state index contributed by atoms with van der Waals surface area (Å²) < 4.78 is 15.1. The summed E-state index contributed by atoms with van der Waals surface area (Å²) >= 11 is 4.91. The van der Waals surface area contributed by atoms with Crippen LogP contribution >= 0.6 is 12.2 Å². The highest BCUT2D eigenvalue weighted by molar-refractivity contribution is 7.80. The van der Waals surface area contributed by atoms with Crippen LogP contribution in [-0.2, 0) is 13.1 Å². The van der Waals surface area contributed by atoms with Crippen molar-refractivity contribution in [1.29, 1.82) is 0 Å². The fraction of sp³-hybridized carbons (Fsp3) is 0.250. The molecule has 5 nitrogen and oxygen atoms in total. The van der Waals surface area contributed by atoms with Gasteiger partial charge in [0.25, 0.3) is 0 Å². The highest BCUT2D eigenvalue weighted by Crippen LogP contribution is 2.17. The average Bonchev–Trinajstić information content (AvgIpc) is 2.84. The van der Waals surface area contributed by atoms with Gasteiger partial charge in [0.05, 0.1) is 6.54 Å². The minimum atomic E-state index is -0.370. The maximum atomic E-state index is 13.2. The van der Waals surface area contributed by atoms with Gasteiger partial charge in [0.1, 0.15) is 17.1 Å². The number of thiocarbonyl (C=S) groups is 1. The van der Waals surface area contributed by atoms with Gasteiger partial charge in [0.15, 0.2) is 5.82 Å². The van der Waals surface area contributed by atoms with E-state index in [1.54, 1.807) is 12.4 Å². The van der Waals surface area contributed by atoms with Crippen molar-refractivity contribution < 1.29 is 4.39 Å². The summed E-state index contributed by atoms with van der Waals surface area (Å²) in [6, 6.07) is 4.28. The van der Waals surface area contributed by atoms with Crippen LogP contribution in [0, 0.1) is 5.82 Å². The molecular weight excluding hydrogens is 265 g/mol. The second-order valence-corrected chi connectivity index (χ2v) is 4.38. The number of aryl methyl sites for hydroxylation is 1. The molecule has 100 valence electrons. The Kier molecular flexibility index (Phi) is 4.06. The summed E-state index contributed by atoms with van der Waals surface area (Å²) in [5, 5.41) is 11.0. The second kappa shape index (κ2) is 5.75. The second-order valence-electron chi connectivity index (χ2n) is 3.94. The van der Waals surface area contributed by atoms with Crippen molar-refractivity contribution in [3.63, 3.8) is 0 Å². The van der Waals surface area contributed by atoms with Gasteiger partial charge in [0.2, 0.25) is 0 Å². The molecule has 1 aromatic heterocycles. The zero-order valence-electron chi connectivity index (χ0n) is 10.4. The lowest BCUT2D eigenvalue weighted by molar-refractivity contribution is 0.627. The van der Waals surface area contributed by atoms with E-state index in [1.807, 2.05) is 11.5 Å². The van der Waals surface area contributed by atoms with Crippen LogP contribution < -0.4 is 11.1 Å². The zero-order chi connectivity index (χ0) is 13.8. The van der Waals surface area contributed by atoms with Gasteiger partial charge in [-0.25, -0.2) is 4.39 Å². The number of rotatable bonds is 5. The highest BCUT2D eigenvalue weighted by Gasteiger charge is 2.08. The van der Waals surface area contributed by atoms with Crippen LogP contribution in [0.2, 0.25) is 0 Å². The summed E-state index contributed by atoms with van der Waals surface area (Å²) in [4.78, 5) is 0.152. The highest BCUT2D eigenvalue weighted by atomic mass is 32.1. The van der Waals surface area contributed by atoms with Gasteiger partial charge >= 0.3 is 0 Å². The standard InChI is InChI=1S/C12H14FN5S/c1-2-18-7-16-17-11(18)6-15-10-4-3-8(13)5-9(10)12(14)19/h3-5,7,15H,2,6H2,1H3,(H2,14,19). The Morgan fingerprint density at radius 3 is 3.00 bits per heavy atom. The third kappa shape index (κ3) is 3.05. The third-order valence-corrected chi connectivity index (χ3v) is 2.94. The molecule has 0 saturated heterocycles. The molecule has 0 radical (unpaired) electrons. The molecule has 1 aromatic carbocycles. The molecule has 2 rings (SSSR count). The lowest BCUT2D eigenvalue weighted by Gasteiger charge is -2.11. The number of halogens is 1. The number of benzene rings is 1. The van der Waals surface area contributed by atoms with E-state index in [0.717, 1.165) is 12.4 Å². The Morgan fingerprint density at radius 2 is 2.32 bits per heavy atom. The molecule has 0 aliphatic rings. The van der Waals surface area contributed by atoms with Crippen molar-refractivity contribution in [3.05, 3.63) is 41.7 Å². The predicted octanol–water partition coefficient (Wildman–Crippen LogP) is 1.68. The fourth-order valence-corrected chi connectivity index (χ4v) is 1.90. The molecule has 0 amide bonds. The first-order valence-electron chi connectivity index (χ1n) is 5.81. The van der Waals surface area contributed by atoms with E-state index >= 15 is 0 Å². The lowest BCUT2D eigenvalue weighted by Crippen LogP contribution is -2.15. The molecule has 7 heteroatoms. The Morgan fingerprint density at radius 1 is 1.53 bits per heavy atom. The molecule has 0 spiro atoms. The molecule has 0 bridgehead atoms. The molecule has 0 fully saturated rings. The molecule has 0 aliphatic carbocycles. The number of nitrogens with one attached hydrogen (secondary N) is 1. The largest absolute Gasteiger partial charge is 0.389 e. The smallest absolute Gasteiger partial charge is 0.152 e. The van der Waals surface area contributed by atoms with E-state index in [9.17, 15) is 4.39 Å². The summed E-state index contributed by atoms with van der Waals surface area (Å²) in [5.74, 6) is 0.422. The number of hydrogen-bond acceptors (Lipinski definition) is 4. The molecule has 19 heavy (non-hydrogen) atoms. The first-order chi connectivity index (χ1) is 9.11. The quantitative estimate of drug-likeness (QED) is 0.815. The van der Waals surface area contributed by atoms with Gasteiger partial charge < -0.3 is 15.6 Å². The van der Waals surface area contributed by atoms with Crippen LogP contribution in [0.3, 0.4) is 0 Å². The summed E-state index contributed by atoms with van der Waals surface area (Å²) in [7, 11) is 0. The SMILES string of the molecule is CCn1cnnc1CNc1ccc(F)cc1C(N)=S.